The monoisotopic (exact) mass is 247 g/mol. The highest BCUT2D eigenvalue weighted by molar-refractivity contribution is 5.65. The summed E-state index contributed by atoms with van der Waals surface area (Å²) in [6.07, 6.45) is 3.25. The van der Waals surface area contributed by atoms with Crippen LogP contribution in [0, 0.1) is 0 Å². The normalized spacial score (nSPS) is 24.0. The maximum absolute atomic E-state index is 10.9. The summed E-state index contributed by atoms with van der Waals surface area (Å²) in [6, 6.07) is 4.52. The van der Waals surface area contributed by atoms with Crippen LogP contribution in [0.15, 0.2) is 18.3 Å². The maximum atomic E-state index is 10.9. The molecule has 1 saturated heterocycles. The highest BCUT2D eigenvalue weighted by Gasteiger charge is 2.31. The van der Waals surface area contributed by atoms with Crippen molar-refractivity contribution in [2.45, 2.75) is 18.9 Å². The molecule has 1 atom stereocenters. The van der Waals surface area contributed by atoms with Crippen LogP contribution in [0.2, 0.25) is 0 Å². The van der Waals surface area contributed by atoms with Crippen LogP contribution in [0.5, 0.6) is 0 Å². The van der Waals surface area contributed by atoms with Gasteiger partial charge in [0.25, 0.3) is 0 Å². The molecule has 0 unspecified atom stereocenters. The summed E-state index contributed by atoms with van der Waals surface area (Å²) in [4.78, 5) is 19.2. The zero-order valence-corrected chi connectivity index (χ0v) is 10.2. The second-order valence-electron chi connectivity index (χ2n) is 4.91. The molecular weight excluding hydrogens is 230 g/mol. The number of rotatable bonds is 1. The number of carbonyl (C=O) groups is 1. The van der Waals surface area contributed by atoms with Gasteiger partial charge < -0.3 is 10.0 Å². The van der Waals surface area contributed by atoms with Gasteiger partial charge in [-0.15, -0.1) is 0 Å². The number of nitrogens with zero attached hydrogens (tertiary/aromatic N) is 3. The lowest BCUT2D eigenvalue weighted by atomic mass is 10.1. The average Bonchev–Trinajstić information content (AvgIpc) is 2.82. The molecule has 1 amide bonds. The van der Waals surface area contributed by atoms with Gasteiger partial charge in [-0.1, -0.05) is 6.07 Å². The molecule has 1 aliphatic heterocycles. The van der Waals surface area contributed by atoms with Crippen molar-refractivity contribution in [2.24, 2.45) is 0 Å². The zero-order valence-electron chi connectivity index (χ0n) is 10.2. The molecule has 1 N–H and O–H groups in total. The second kappa shape index (κ2) is 4.57. The van der Waals surface area contributed by atoms with Crippen molar-refractivity contribution in [3.63, 3.8) is 0 Å². The zero-order chi connectivity index (χ0) is 12.5. The SMILES string of the molecule is O=C(O)N1CCN([C@H]2CCc3cccnc32)CC1. The predicted molar refractivity (Wildman–Crippen MR) is 66.5 cm³/mol. The van der Waals surface area contributed by atoms with Gasteiger partial charge >= 0.3 is 6.09 Å². The first-order valence-electron chi connectivity index (χ1n) is 6.41. The first-order valence-corrected chi connectivity index (χ1v) is 6.41. The third kappa shape index (κ3) is 1.95. The van der Waals surface area contributed by atoms with E-state index in [0.717, 1.165) is 25.9 Å². The van der Waals surface area contributed by atoms with E-state index < -0.39 is 6.09 Å². The van der Waals surface area contributed by atoms with E-state index in [2.05, 4.69) is 16.0 Å². The summed E-state index contributed by atoms with van der Waals surface area (Å²) < 4.78 is 0. The Bertz CT molecular complexity index is 455. The van der Waals surface area contributed by atoms with E-state index in [4.69, 9.17) is 5.11 Å². The Balaban J connectivity index is 1.70. The molecule has 1 aromatic rings. The minimum atomic E-state index is -0.806. The van der Waals surface area contributed by atoms with Crippen molar-refractivity contribution in [1.29, 1.82) is 0 Å². The quantitative estimate of drug-likeness (QED) is 0.814. The van der Waals surface area contributed by atoms with Gasteiger partial charge in [-0.05, 0) is 24.5 Å². The molecule has 2 aliphatic rings. The molecule has 0 saturated carbocycles. The molecule has 0 radical (unpaired) electrons. The molecule has 5 nitrogen and oxygen atoms in total. The van der Waals surface area contributed by atoms with E-state index in [1.54, 1.807) is 0 Å². The minimum absolute atomic E-state index is 0.386. The number of aromatic nitrogens is 1. The van der Waals surface area contributed by atoms with Gasteiger partial charge in [-0.2, -0.15) is 0 Å². The molecule has 5 heteroatoms. The summed E-state index contributed by atoms with van der Waals surface area (Å²) in [5.74, 6) is 0. The highest BCUT2D eigenvalue weighted by atomic mass is 16.4. The number of pyridine rings is 1. The molecule has 0 bridgehead atoms. The van der Waals surface area contributed by atoms with Crippen molar-refractivity contribution >= 4 is 6.09 Å². The highest BCUT2D eigenvalue weighted by Crippen LogP contribution is 2.34. The van der Waals surface area contributed by atoms with Crippen molar-refractivity contribution in [2.75, 3.05) is 26.2 Å². The van der Waals surface area contributed by atoms with E-state index in [1.165, 1.54) is 16.2 Å². The number of aryl methyl sites for hydroxylation is 1. The Hall–Kier alpha value is -1.62. The number of fused-ring (bicyclic) bond motifs is 1. The van der Waals surface area contributed by atoms with Crippen molar-refractivity contribution < 1.29 is 9.90 Å². The first-order chi connectivity index (χ1) is 8.75. The Kier molecular flexibility index (Phi) is 2.91. The number of amides is 1. The van der Waals surface area contributed by atoms with E-state index >= 15 is 0 Å². The lowest BCUT2D eigenvalue weighted by Crippen LogP contribution is -2.49. The summed E-state index contributed by atoms with van der Waals surface area (Å²) in [6.45, 7) is 2.84. The molecule has 0 aromatic carbocycles. The smallest absolute Gasteiger partial charge is 0.407 e. The van der Waals surface area contributed by atoms with Crippen LogP contribution >= 0.6 is 0 Å². The summed E-state index contributed by atoms with van der Waals surface area (Å²) >= 11 is 0. The largest absolute Gasteiger partial charge is 0.465 e. The van der Waals surface area contributed by atoms with Gasteiger partial charge in [0.15, 0.2) is 0 Å². The Labute approximate surface area is 106 Å². The fourth-order valence-electron chi connectivity index (χ4n) is 2.97. The molecule has 1 aliphatic carbocycles. The average molecular weight is 247 g/mol. The Morgan fingerprint density at radius 3 is 2.83 bits per heavy atom. The molecule has 0 spiro atoms. The van der Waals surface area contributed by atoms with Crippen LogP contribution in [0.3, 0.4) is 0 Å². The molecule has 1 aromatic heterocycles. The standard InChI is InChI=1S/C13H17N3O2/c17-13(18)16-8-6-15(7-9-16)11-4-3-10-2-1-5-14-12(10)11/h1-2,5,11H,3-4,6-9H2,(H,17,18)/t11-/m0/s1. The molecule has 2 heterocycles. The van der Waals surface area contributed by atoms with E-state index in [1.807, 2.05) is 12.3 Å². The topological polar surface area (TPSA) is 56.7 Å². The van der Waals surface area contributed by atoms with Crippen LogP contribution in [-0.2, 0) is 6.42 Å². The Morgan fingerprint density at radius 2 is 2.11 bits per heavy atom. The third-order valence-electron chi connectivity index (χ3n) is 3.95. The molecular formula is C13H17N3O2. The van der Waals surface area contributed by atoms with Crippen LogP contribution in [-0.4, -0.2) is 52.2 Å². The summed E-state index contributed by atoms with van der Waals surface area (Å²) in [7, 11) is 0. The summed E-state index contributed by atoms with van der Waals surface area (Å²) in [5, 5.41) is 8.94. The van der Waals surface area contributed by atoms with Gasteiger partial charge in [0.1, 0.15) is 0 Å². The molecule has 1 fully saturated rings. The number of piperazine rings is 1. The van der Waals surface area contributed by atoms with E-state index in [9.17, 15) is 4.79 Å². The van der Waals surface area contributed by atoms with E-state index in [0.29, 0.717) is 19.1 Å². The van der Waals surface area contributed by atoms with Crippen LogP contribution in [0.4, 0.5) is 4.79 Å². The lowest BCUT2D eigenvalue weighted by Gasteiger charge is -2.36. The lowest BCUT2D eigenvalue weighted by molar-refractivity contribution is 0.0840. The van der Waals surface area contributed by atoms with Crippen molar-refractivity contribution in [3.05, 3.63) is 29.6 Å². The predicted octanol–water partition coefficient (Wildman–Crippen LogP) is 1.36. The second-order valence-corrected chi connectivity index (χ2v) is 4.91. The summed E-state index contributed by atoms with van der Waals surface area (Å²) in [5.41, 5.74) is 2.55. The molecule has 96 valence electrons. The van der Waals surface area contributed by atoms with Gasteiger partial charge in [0, 0.05) is 32.4 Å². The maximum Gasteiger partial charge on any atom is 0.407 e. The number of carboxylic acid groups (broad SMARTS) is 1. The fourth-order valence-corrected chi connectivity index (χ4v) is 2.97. The van der Waals surface area contributed by atoms with Crippen LogP contribution < -0.4 is 0 Å². The fraction of sp³-hybridized carbons (Fsp3) is 0.538. The Morgan fingerprint density at radius 1 is 1.33 bits per heavy atom. The first kappa shape index (κ1) is 11.5. The van der Waals surface area contributed by atoms with Gasteiger partial charge in [-0.25, -0.2) is 4.79 Å². The van der Waals surface area contributed by atoms with Gasteiger partial charge in [-0.3, -0.25) is 9.88 Å². The van der Waals surface area contributed by atoms with Crippen LogP contribution in [0.1, 0.15) is 23.7 Å². The number of hydrogen-bond acceptors (Lipinski definition) is 3. The van der Waals surface area contributed by atoms with Crippen LogP contribution in [0.25, 0.3) is 0 Å². The minimum Gasteiger partial charge on any atom is -0.465 e. The third-order valence-corrected chi connectivity index (χ3v) is 3.95. The van der Waals surface area contributed by atoms with Crippen molar-refractivity contribution in [1.82, 2.24) is 14.8 Å². The molecule has 3 rings (SSSR count). The number of hydrogen-bond donors (Lipinski definition) is 1. The van der Waals surface area contributed by atoms with Gasteiger partial charge in [0.05, 0.1) is 11.7 Å². The molecule has 18 heavy (non-hydrogen) atoms. The van der Waals surface area contributed by atoms with E-state index in [-0.39, 0.29) is 0 Å². The van der Waals surface area contributed by atoms with Gasteiger partial charge in [0.2, 0.25) is 0 Å². The van der Waals surface area contributed by atoms with Crippen molar-refractivity contribution in [3.8, 4) is 0 Å².